The number of hydrogen-bond donors (Lipinski definition) is 1. The van der Waals surface area contributed by atoms with Crippen LogP contribution in [0.5, 0.6) is 0 Å². The van der Waals surface area contributed by atoms with Crippen LogP contribution < -0.4 is 0 Å². The highest BCUT2D eigenvalue weighted by Gasteiger charge is 2.24. The van der Waals surface area contributed by atoms with Gasteiger partial charge in [0.1, 0.15) is 5.76 Å². The van der Waals surface area contributed by atoms with Crippen molar-refractivity contribution < 1.29 is 14.4 Å². The SMILES string of the molecule is CC[C@H](O)c1cc2n(n1)CCN(C(=O)CCc1c(C)noc1C)C2. The lowest BCUT2D eigenvalue weighted by Gasteiger charge is -2.27. The minimum Gasteiger partial charge on any atom is -0.387 e. The Kier molecular flexibility index (Phi) is 4.71. The lowest BCUT2D eigenvalue weighted by atomic mass is 10.1. The summed E-state index contributed by atoms with van der Waals surface area (Å²) < 4.78 is 7.04. The van der Waals surface area contributed by atoms with E-state index in [4.69, 9.17) is 4.52 Å². The third-order valence-corrected chi connectivity index (χ3v) is 4.67. The first-order chi connectivity index (χ1) is 11.5. The smallest absolute Gasteiger partial charge is 0.223 e. The maximum Gasteiger partial charge on any atom is 0.223 e. The summed E-state index contributed by atoms with van der Waals surface area (Å²) in [5.41, 5.74) is 3.56. The van der Waals surface area contributed by atoms with E-state index in [2.05, 4.69) is 10.3 Å². The molecule has 0 spiro atoms. The van der Waals surface area contributed by atoms with E-state index < -0.39 is 6.10 Å². The van der Waals surface area contributed by atoms with Crippen molar-refractivity contribution in [3.05, 3.63) is 34.5 Å². The summed E-state index contributed by atoms with van der Waals surface area (Å²) in [7, 11) is 0. The molecule has 1 amide bonds. The second-order valence-electron chi connectivity index (χ2n) is 6.33. The van der Waals surface area contributed by atoms with E-state index >= 15 is 0 Å². The molecule has 7 heteroatoms. The normalized spacial score (nSPS) is 15.4. The molecule has 2 aromatic rings. The van der Waals surface area contributed by atoms with Gasteiger partial charge < -0.3 is 14.5 Å². The Labute approximate surface area is 141 Å². The molecule has 24 heavy (non-hydrogen) atoms. The Balaban J connectivity index is 1.62. The highest BCUT2D eigenvalue weighted by molar-refractivity contribution is 5.76. The van der Waals surface area contributed by atoms with Gasteiger partial charge in [-0.1, -0.05) is 12.1 Å². The average molecular weight is 332 g/mol. The van der Waals surface area contributed by atoms with Crippen molar-refractivity contribution in [3.8, 4) is 0 Å². The molecule has 0 saturated heterocycles. The van der Waals surface area contributed by atoms with E-state index in [1.807, 2.05) is 36.4 Å². The first-order valence-electron chi connectivity index (χ1n) is 8.43. The van der Waals surface area contributed by atoms with Gasteiger partial charge in [0, 0.05) is 18.5 Å². The molecule has 0 saturated carbocycles. The second-order valence-corrected chi connectivity index (χ2v) is 6.33. The lowest BCUT2D eigenvalue weighted by molar-refractivity contribution is -0.132. The molecule has 0 fully saturated rings. The Morgan fingerprint density at radius 3 is 2.88 bits per heavy atom. The van der Waals surface area contributed by atoms with E-state index in [0.717, 1.165) is 22.7 Å². The zero-order valence-electron chi connectivity index (χ0n) is 14.4. The number of aryl methyl sites for hydroxylation is 2. The highest BCUT2D eigenvalue weighted by atomic mass is 16.5. The number of carbonyl (C=O) groups is 1. The number of fused-ring (bicyclic) bond motifs is 1. The zero-order valence-corrected chi connectivity index (χ0v) is 14.4. The molecule has 7 nitrogen and oxygen atoms in total. The van der Waals surface area contributed by atoms with Crippen LogP contribution >= 0.6 is 0 Å². The fraction of sp³-hybridized carbons (Fsp3) is 0.588. The molecule has 0 radical (unpaired) electrons. The van der Waals surface area contributed by atoms with Gasteiger partial charge in [-0.2, -0.15) is 5.10 Å². The van der Waals surface area contributed by atoms with Crippen LogP contribution in [0.2, 0.25) is 0 Å². The Morgan fingerprint density at radius 2 is 2.21 bits per heavy atom. The minimum atomic E-state index is -0.535. The predicted molar refractivity (Wildman–Crippen MR) is 87.2 cm³/mol. The van der Waals surface area contributed by atoms with E-state index in [-0.39, 0.29) is 5.91 Å². The van der Waals surface area contributed by atoms with Gasteiger partial charge in [0.25, 0.3) is 0 Å². The van der Waals surface area contributed by atoms with Crippen LogP contribution in [0.3, 0.4) is 0 Å². The van der Waals surface area contributed by atoms with Gasteiger partial charge in [0.05, 0.1) is 36.3 Å². The molecule has 0 aliphatic carbocycles. The summed E-state index contributed by atoms with van der Waals surface area (Å²) in [6.07, 6.45) is 1.19. The van der Waals surface area contributed by atoms with Crippen LogP contribution in [0, 0.1) is 13.8 Å². The van der Waals surface area contributed by atoms with Crippen LogP contribution in [0.4, 0.5) is 0 Å². The highest BCUT2D eigenvalue weighted by Crippen LogP contribution is 2.21. The number of aliphatic hydroxyl groups excluding tert-OH is 1. The number of carbonyl (C=O) groups excluding carboxylic acids is 1. The average Bonchev–Trinajstić information content (AvgIpc) is 3.15. The number of amides is 1. The van der Waals surface area contributed by atoms with Crippen molar-refractivity contribution in [1.29, 1.82) is 0 Å². The molecule has 1 aliphatic heterocycles. The fourth-order valence-electron chi connectivity index (χ4n) is 3.12. The van der Waals surface area contributed by atoms with E-state index in [0.29, 0.717) is 44.6 Å². The summed E-state index contributed by atoms with van der Waals surface area (Å²) in [4.78, 5) is 14.4. The second kappa shape index (κ2) is 6.76. The lowest BCUT2D eigenvalue weighted by Crippen LogP contribution is -2.38. The molecule has 1 atom stereocenters. The Bertz CT molecular complexity index is 715. The largest absolute Gasteiger partial charge is 0.387 e. The summed E-state index contributed by atoms with van der Waals surface area (Å²) >= 11 is 0. The Morgan fingerprint density at radius 1 is 1.42 bits per heavy atom. The predicted octanol–water partition coefficient (Wildman–Crippen LogP) is 1.91. The monoisotopic (exact) mass is 332 g/mol. The molecular formula is C17H24N4O3. The van der Waals surface area contributed by atoms with Crippen molar-refractivity contribution in [3.63, 3.8) is 0 Å². The van der Waals surface area contributed by atoms with Crippen LogP contribution in [0.1, 0.15) is 54.3 Å². The van der Waals surface area contributed by atoms with Crippen molar-refractivity contribution in [2.24, 2.45) is 0 Å². The first kappa shape index (κ1) is 16.7. The maximum absolute atomic E-state index is 12.5. The molecule has 0 unspecified atom stereocenters. The maximum atomic E-state index is 12.5. The van der Waals surface area contributed by atoms with Crippen molar-refractivity contribution in [2.45, 2.75) is 59.2 Å². The van der Waals surface area contributed by atoms with Gasteiger partial charge in [0.15, 0.2) is 0 Å². The summed E-state index contributed by atoms with van der Waals surface area (Å²) in [6.45, 7) is 7.56. The van der Waals surface area contributed by atoms with Gasteiger partial charge in [-0.3, -0.25) is 9.48 Å². The van der Waals surface area contributed by atoms with Crippen molar-refractivity contribution in [1.82, 2.24) is 19.8 Å². The molecule has 3 heterocycles. The zero-order chi connectivity index (χ0) is 17.3. The van der Waals surface area contributed by atoms with Crippen LogP contribution in [-0.4, -0.2) is 37.4 Å². The molecule has 2 aromatic heterocycles. The summed E-state index contributed by atoms with van der Waals surface area (Å²) in [5, 5.41) is 18.3. The van der Waals surface area contributed by atoms with Crippen LogP contribution in [0.15, 0.2) is 10.6 Å². The van der Waals surface area contributed by atoms with Gasteiger partial charge >= 0.3 is 0 Å². The molecule has 3 rings (SSSR count). The molecule has 0 aromatic carbocycles. The molecule has 1 N–H and O–H groups in total. The summed E-state index contributed by atoms with van der Waals surface area (Å²) in [5.74, 6) is 0.912. The van der Waals surface area contributed by atoms with Crippen molar-refractivity contribution in [2.75, 3.05) is 6.54 Å². The molecule has 130 valence electrons. The topological polar surface area (TPSA) is 84.4 Å². The first-order valence-corrected chi connectivity index (χ1v) is 8.43. The van der Waals surface area contributed by atoms with Gasteiger partial charge in [-0.15, -0.1) is 0 Å². The summed E-state index contributed by atoms with van der Waals surface area (Å²) in [6, 6.07) is 1.90. The Hall–Kier alpha value is -2.15. The van der Waals surface area contributed by atoms with Crippen LogP contribution in [0.25, 0.3) is 0 Å². The number of aromatic nitrogens is 3. The number of rotatable bonds is 5. The molecule has 1 aliphatic rings. The quantitative estimate of drug-likeness (QED) is 0.904. The van der Waals surface area contributed by atoms with E-state index in [9.17, 15) is 9.90 Å². The number of hydrogen-bond acceptors (Lipinski definition) is 5. The molecular weight excluding hydrogens is 308 g/mol. The van der Waals surface area contributed by atoms with Gasteiger partial charge in [0.2, 0.25) is 5.91 Å². The molecule has 0 bridgehead atoms. The number of aliphatic hydroxyl groups is 1. The van der Waals surface area contributed by atoms with E-state index in [1.165, 1.54) is 0 Å². The third kappa shape index (κ3) is 3.21. The van der Waals surface area contributed by atoms with Crippen molar-refractivity contribution >= 4 is 5.91 Å². The van der Waals surface area contributed by atoms with Gasteiger partial charge in [-0.05, 0) is 32.8 Å². The number of nitrogens with zero attached hydrogens (tertiary/aromatic N) is 4. The standard InChI is InChI=1S/C17H24N4O3/c1-4-16(22)15-9-13-10-20(7-8-21(13)18-15)17(23)6-5-14-11(2)19-24-12(14)3/h9,16,22H,4-8,10H2,1-3H3/t16-/m0/s1. The van der Waals surface area contributed by atoms with Crippen LogP contribution in [-0.2, 0) is 24.3 Å². The van der Waals surface area contributed by atoms with E-state index in [1.54, 1.807) is 0 Å². The fourth-order valence-corrected chi connectivity index (χ4v) is 3.12. The third-order valence-electron chi connectivity index (χ3n) is 4.67. The van der Waals surface area contributed by atoms with Gasteiger partial charge in [-0.25, -0.2) is 0 Å². The minimum absolute atomic E-state index is 0.125.